The van der Waals surface area contributed by atoms with E-state index in [1.807, 2.05) is 11.8 Å². The minimum atomic E-state index is -5.07. The van der Waals surface area contributed by atoms with Gasteiger partial charge in [-0.05, 0) is 25.1 Å². The van der Waals surface area contributed by atoms with Crippen LogP contribution in [0.1, 0.15) is 6.92 Å². The number of alkyl halides is 3. The van der Waals surface area contributed by atoms with E-state index in [1.54, 1.807) is 18.2 Å². The number of oxazole rings is 1. The summed E-state index contributed by atoms with van der Waals surface area (Å²) in [6.07, 6.45) is -3.57. The summed E-state index contributed by atoms with van der Waals surface area (Å²) in [6, 6.07) is 5.99. The standard InChI is InChI=1S/C18H16F4N4O2/c1-10-9-23-6-7-26(10)17-25-14-15(27-17)11(13-4-2-3-5-24-13)8-12(19)16(14)28-18(20,21)22/h2-5,8,10,23H,6-7,9H2,1H3/t10-/m0/s1. The predicted octanol–water partition coefficient (Wildman–Crippen LogP) is 3.73. The number of nitrogens with zero attached hydrogens (tertiary/aromatic N) is 3. The van der Waals surface area contributed by atoms with Crippen molar-refractivity contribution in [2.45, 2.75) is 19.3 Å². The molecule has 3 aromatic rings. The van der Waals surface area contributed by atoms with Crippen LogP contribution in [0.2, 0.25) is 0 Å². The van der Waals surface area contributed by atoms with Crippen LogP contribution in [0.5, 0.6) is 5.75 Å². The van der Waals surface area contributed by atoms with Gasteiger partial charge in [0.15, 0.2) is 22.7 Å². The molecule has 6 nitrogen and oxygen atoms in total. The van der Waals surface area contributed by atoms with Crippen LogP contribution in [0.25, 0.3) is 22.4 Å². The van der Waals surface area contributed by atoms with Crippen molar-refractivity contribution < 1.29 is 26.7 Å². The smallest absolute Gasteiger partial charge is 0.423 e. The first-order valence-electron chi connectivity index (χ1n) is 8.61. The highest BCUT2D eigenvalue weighted by Crippen LogP contribution is 2.40. The van der Waals surface area contributed by atoms with Crippen molar-refractivity contribution in [3.63, 3.8) is 0 Å². The average Bonchev–Trinajstić information content (AvgIpc) is 3.09. The third-order valence-electron chi connectivity index (χ3n) is 4.47. The van der Waals surface area contributed by atoms with Gasteiger partial charge in [0.1, 0.15) is 0 Å². The number of nitrogens with one attached hydrogen (secondary N) is 1. The second-order valence-corrected chi connectivity index (χ2v) is 6.42. The van der Waals surface area contributed by atoms with Gasteiger partial charge in [-0.1, -0.05) is 6.07 Å². The third kappa shape index (κ3) is 3.47. The Hall–Kier alpha value is -2.88. The molecule has 1 atom stereocenters. The molecule has 3 heterocycles. The van der Waals surface area contributed by atoms with E-state index < -0.39 is 17.9 Å². The minimum Gasteiger partial charge on any atom is -0.423 e. The SMILES string of the molecule is C[C@H]1CNCCN1c1nc2c(OC(F)(F)F)c(F)cc(-c3ccccn3)c2o1. The molecule has 28 heavy (non-hydrogen) atoms. The molecule has 0 radical (unpaired) electrons. The normalized spacial score (nSPS) is 17.9. The average molecular weight is 396 g/mol. The first-order valence-corrected chi connectivity index (χ1v) is 8.61. The van der Waals surface area contributed by atoms with Crippen molar-refractivity contribution in [2.75, 3.05) is 24.5 Å². The summed E-state index contributed by atoms with van der Waals surface area (Å²) in [5, 5.41) is 3.20. The zero-order valence-electron chi connectivity index (χ0n) is 14.8. The Kier molecular flexibility index (Phi) is 4.58. The lowest BCUT2D eigenvalue weighted by molar-refractivity contribution is -0.275. The topological polar surface area (TPSA) is 63.4 Å². The van der Waals surface area contributed by atoms with E-state index in [0.29, 0.717) is 25.3 Å². The van der Waals surface area contributed by atoms with Gasteiger partial charge in [0.2, 0.25) is 0 Å². The van der Waals surface area contributed by atoms with Crippen LogP contribution in [0.4, 0.5) is 23.6 Å². The molecule has 4 rings (SSSR count). The Balaban J connectivity index is 1.92. The van der Waals surface area contributed by atoms with E-state index in [-0.39, 0.29) is 28.7 Å². The molecule has 1 N–H and O–H groups in total. The summed E-state index contributed by atoms with van der Waals surface area (Å²) in [6.45, 7) is 3.79. The summed E-state index contributed by atoms with van der Waals surface area (Å²) in [4.78, 5) is 10.1. The van der Waals surface area contributed by atoms with Crippen LogP contribution in [-0.4, -0.2) is 42.0 Å². The van der Waals surface area contributed by atoms with Gasteiger partial charge in [-0.15, -0.1) is 13.2 Å². The highest BCUT2D eigenvalue weighted by molar-refractivity contribution is 5.94. The molecule has 10 heteroatoms. The van der Waals surface area contributed by atoms with Gasteiger partial charge in [0.05, 0.1) is 5.69 Å². The fraction of sp³-hybridized carbons (Fsp3) is 0.333. The maximum atomic E-state index is 14.6. The largest absolute Gasteiger partial charge is 0.573 e. The summed E-state index contributed by atoms with van der Waals surface area (Å²) in [5.41, 5.74) is 0.198. The van der Waals surface area contributed by atoms with Crippen molar-refractivity contribution in [3.8, 4) is 17.0 Å². The summed E-state index contributed by atoms with van der Waals surface area (Å²) in [7, 11) is 0. The van der Waals surface area contributed by atoms with Crippen molar-refractivity contribution in [2.24, 2.45) is 0 Å². The van der Waals surface area contributed by atoms with E-state index in [0.717, 1.165) is 6.07 Å². The fourth-order valence-corrected chi connectivity index (χ4v) is 3.19. The lowest BCUT2D eigenvalue weighted by Crippen LogP contribution is -2.50. The maximum Gasteiger partial charge on any atom is 0.573 e. The number of hydrogen-bond acceptors (Lipinski definition) is 6. The molecule has 0 saturated carbocycles. The molecule has 0 aliphatic carbocycles. The number of rotatable bonds is 3. The van der Waals surface area contributed by atoms with Crippen LogP contribution >= 0.6 is 0 Å². The van der Waals surface area contributed by atoms with Crippen LogP contribution in [0, 0.1) is 5.82 Å². The lowest BCUT2D eigenvalue weighted by atomic mass is 10.1. The van der Waals surface area contributed by atoms with Crippen molar-refractivity contribution >= 4 is 17.1 Å². The highest BCUT2D eigenvalue weighted by Gasteiger charge is 2.36. The van der Waals surface area contributed by atoms with Crippen molar-refractivity contribution in [1.82, 2.24) is 15.3 Å². The zero-order chi connectivity index (χ0) is 19.9. The summed E-state index contributed by atoms with van der Waals surface area (Å²) in [5.74, 6) is -2.21. The van der Waals surface area contributed by atoms with Crippen LogP contribution < -0.4 is 15.0 Å². The Morgan fingerprint density at radius 1 is 1.32 bits per heavy atom. The number of fused-ring (bicyclic) bond motifs is 1. The Morgan fingerprint density at radius 3 is 2.82 bits per heavy atom. The first-order chi connectivity index (χ1) is 13.3. The van der Waals surface area contributed by atoms with Gasteiger partial charge in [0, 0.05) is 37.4 Å². The lowest BCUT2D eigenvalue weighted by Gasteiger charge is -2.32. The zero-order valence-corrected chi connectivity index (χ0v) is 14.8. The molecule has 1 aromatic carbocycles. The molecule has 0 unspecified atom stereocenters. The Labute approximate surface area is 157 Å². The molecule has 0 spiro atoms. The van der Waals surface area contributed by atoms with Crippen molar-refractivity contribution in [3.05, 3.63) is 36.3 Å². The van der Waals surface area contributed by atoms with Crippen LogP contribution in [0.15, 0.2) is 34.9 Å². The van der Waals surface area contributed by atoms with Gasteiger partial charge in [-0.3, -0.25) is 4.98 Å². The maximum absolute atomic E-state index is 14.6. The molecule has 1 saturated heterocycles. The number of benzene rings is 1. The van der Waals surface area contributed by atoms with Crippen LogP contribution in [0.3, 0.4) is 0 Å². The van der Waals surface area contributed by atoms with E-state index in [9.17, 15) is 17.6 Å². The molecule has 1 aliphatic rings. The number of aromatic nitrogens is 2. The summed E-state index contributed by atoms with van der Waals surface area (Å²) >= 11 is 0. The molecule has 0 amide bonds. The monoisotopic (exact) mass is 396 g/mol. The quantitative estimate of drug-likeness (QED) is 0.681. The molecule has 148 valence electrons. The number of hydrogen-bond donors (Lipinski definition) is 1. The molecule has 2 aromatic heterocycles. The van der Waals surface area contributed by atoms with E-state index in [4.69, 9.17) is 4.42 Å². The van der Waals surface area contributed by atoms with Gasteiger partial charge in [-0.25, -0.2) is 4.39 Å². The number of piperazine rings is 1. The number of pyridine rings is 1. The molecular formula is C18H16F4N4O2. The number of ether oxygens (including phenoxy) is 1. The Morgan fingerprint density at radius 2 is 2.14 bits per heavy atom. The third-order valence-corrected chi connectivity index (χ3v) is 4.47. The molecule has 1 fully saturated rings. The second-order valence-electron chi connectivity index (χ2n) is 6.42. The van der Waals surface area contributed by atoms with Crippen LogP contribution in [-0.2, 0) is 0 Å². The molecule has 0 bridgehead atoms. The van der Waals surface area contributed by atoms with Gasteiger partial charge < -0.3 is 19.4 Å². The molecule has 1 aliphatic heterocycles. The first kappa shape index (κ1) is 18.5. The summed E-state index contributed by atoms with van der Waals surface area (Å²) < 4.78 is 62.7. The van der Waals surface area contributed by atoms with E-state index >= 15 is 0 Å². The molecular weight excluding hydrogens is 380 g/mol. The highest BCUT2D eigenvalue weighted by atomic mass is 19.4. The number of anilines is 1. The minimum absolute atomic E-state index is 0.00283. The van der Waals surface area contributed by atoms with Gasteiger partial charge in [-0.2, -0.15) is 4.98 Å². The van der Waals surface area contributed by atoms with Crippen molar-refractivity contribution in [1.29, 1.82) is 0 Å². The van der Waals surface area contributed by atoms with Gasteiger partial charge in [0.25, 0.3) is 6.01 Å². The number of halogens is 4. The van der Waals surface area contributed by atoms with Gasteiger partial charge >= 0.3 is 6.36 Å². The fourth-order valence-electron chi connectivity index (χ4n) is 3.19. The van der Waals surface area contributed by atoms with E-state index in [1.165, 1.54) is 6.20 Å². The van der Waals surface area contributed by atoms with E-state index in [2.05, 4.69) is 20.0 Å². The predicted molar refractivity (Wildman–Crippen MR) is 93.6 cm³/mol. The second kappa shape index (κ2) is 6.93. The Bertz CT molecular complexity index is 991.